The van der Waals surface area contributed by atoms with E-state index < -0.39 is 35.7 Å². The maximum atomic E-state index is 13.4. The van der Waals surface area contributed by atoms with Crippen LogP contribution >= 0.6 is 24.0 Å². The van der Waals surface area contributed by atoms with Gasteiger partial charge in [-0.3, -0.25) is 14.7 Å². The van der Waals surface area contributed by atoms with Crippen LogP contribution in [0, 0.1) is 5.82 Å². The van der Waals surface area contributed by atoms with Crippen LogP contribution in [0.4, 0.5) is 4.39 Å². The lowest BCUT2D eigenvalue weighted by Crippen LogP contribution is -2.46. The predicted octanol–water partition coefficient (Wildman–Crippen LogP) is 3.56. The Hall–Kier alpha value is -3.57. The summed E-state index contributed by atoms with van der Waals surface area (Å²) in [6, 6.07) is 12.7. The number of aliphatic carboxylic acids is 1. The lowest BCUT2D eigenvalue weighted by molar-refractivity contribution is -0.150. The molecule has 11 heteroatoms. The van der Waals surface area contributed by atoms with Crippen LogP contribution in [0.3, 0.4) is 0 Å². The number of ether oxygens (including phenoxy) is 1. The molecule has 2 atom stereocenters. The molecule has 36 heavy (non-hydrogen) atoms. The minimum atomic E-state index is -1.13. The summed E-state index contributed by atoms with van der Waals surface area (Å²) in [5.74, 6) is -2.66. The second kappa shape index (κ2) is 11.0. The van der Waals surface area contributed by atoms with Crippen molar-refractivity contribution >= 4 is 51.9 Å². The Balaban J connectivity index is 1.62. The minimum absolute atomic E-state index is 0.0667. The quantitative estimate of drug-likeness (QED) is 0.316. The standard InChI is InChI=1S/C25H22FN3O5S2/c1-2-34-24(33)20(12-15-6-4-3-5-7-15)29-22(30)21(36-25(29)35)14-28-19(23(31)32)13-18(27-28)16-8-10-17(26)11-9-16/h3-11,14,19-20H,2,12-13H2,1H3,(H,31,32)/b21-14-/t19-,20-/m0/s1. The Morgan fingerprint density at radius 2 is 1.94 bits per heavy atom. The van der Waals surface area contributed by atoms with Gasteiger partial charge in [0.2, 0.25) is 0 Å². The van der Waals surface area contributed by atoms with Crippen LogP contribution in [0.1, 0.15) is 24.5 Å². The van der Waals surface area contributed by atoms with E-state index in [1.54, 1.807) is 6.92 Å². The fraction of sp³-hybridized carbons (Fsp3) is 0.240. The minimum Gasteiger partial charge on any atom is -0.480 e. The number of thioether (sulfide) groups is 1. The summed E-state index contributed by atoms with van der Waals surface area (Å²) in [6.07, 6.45) is 1.60. The van der Waals surface area contributed by atoms with Gasteiger partial charge in [0.05, 0.1) is 17.2 Å². The summed E-state index contributed by atoms with van der Waals surface area (Å²) in [7, 11) is 0. The van der Waals surface area contributed by atoms with Crippen molar-refractivity contribution in [1.29, 1.82) is 0 Å². The zero-order valence-electron chi connectivity index (χ0n) is 19.2. The van der Waals surface area contributed by atoms with E-state index in [0.717, 1.165) is 17.3 Å². The van der Waals surface area contributed by atoms with Gasteiger partial charge in [0, 0.05) is 19.0 Å². The first-order chi connectivity index (χ1) is 17.3. The fourth-order valence-electron chi connectivity index (χ4n) is 3.88. The molecule has 1 N–H and O–H groups in total. The lowest BCUT2D eigenvalue weighted by Gasteiger charge is -2.25. The van der Waals surface area contributed by atoms with E-state index in [0.29, 0.717) is 11.3 Å². The maximum absolute atomic E-state index is 13.4. The Kier molecular flexibility index (Phi) is 7.80. The van der Waals surface area contributed by atoms with Crippen molar-refractivity contribution in [3.8, 4) is 0 Å². The van der Waals surface area contributed by atoms with E-state index in [2.05, 4.69) is 5.10 Å². The van der Waals surface area contributed by atoms with E-state index in [-0.39, 0.29) is 28.7 Å². The number of nitrogens with zero attached hydrogens (tertiary/aromatic N) is 3. The number of thiocarbonyl (C=S) groups is 1. The normalized spacial score (nSPS) is 19.6. The van der Waals surface area contributed by atoms with Crippen LogP contribution in [-0.2, 0) is 25.5 Å². The monoisotopic (exact) mass is 527 g/mol. The maximum Gasteiger partial charge on any atom is 0.329 e. The summed E-state index contributed by atoms with van der Waals surface area (Å²) in [5, 5.41) is 15.3. The summed E-state index contributed by atoms with van der Waals surface area (Å²) < 4.78 is 18.7. The van der Waals surface area contributed by atoms with Crippen LogP contribution in [0.2, 0.25) is 0 Å². The van der Waals surface area contributed by atoms with E-state index in [1.165, 1.54) is 40.4 Å². The molecule has 186 valence electrons. The van der Waals surface area contributed by atoms with Crippen LogP contribution in [0.25, 0.3) is 0 Å². The van der Waals surface area contributed by atoms with Crippen LogP contribution in [0.15, 0.2) is 70.8 Å². The summed E-state index contributed by atoms with van der Waals surface area (Å²) in [4.78, 5) is 39.4. The zero-order valence-corrected chi connectivity index (χ0v) is 20.8. The van der Waals surface area contributed by atoms with Crippen molar-refractivity contribution in [3.63, 3.8) is 0 Å². The van der Waals surface area contributed by atoms with E-state index in [1.807, 2.05) is 30.3 Å². The molecular formula is C25H22FN3O5S2. The molecule has 1 fully saturated rings. The largest absolute Gasteiger partial charge is 0.480 e. The molecule has 1 amide bonds. The first kappa shape index (κ1) is 25.5. The van der Waals surface area contributed by atoms with Gasteiger partial charge in [0.1, 0.15) is 16.2 Å². The number of amides is 1. The second-order valence-corrected chi connectivity index (χ2v) is 9.66. The number of hydrogen-bond acceptors (Lipinski definition) is 8. The molecule has 4 rings (SSSR count). The zero-order chi connectivity index (χ0) is 25.8. The molecule has 2 aliphatic heterocycles. The number of rotatable bonds is 8. The highest BCUT2D eigenvalue weighted by Gasteiger charge is 2.42. The molecular weight excluding hydrogens is 505 g/mol. The van der Waals surface area contributed by atoms with E-state index >= 15 is 0 Å². The van der Waals surface area contributed by atoms with Gasteiger partial charge >= 0.3 is 11.9 Å². The number of esters is 1. The number of carbonyl (C=O) groups excluding carboxylic acids is 2. The Morgan fingerprint density at radius 3 is 2.58 bits per heavy atom. The van der Waals surface area contributed by atoms with E-state index in [4.69, 9.17) is 17.0 Å². The third kappa shape index (κ3) is 5.47. The molecule has 2 aromatic rings. The first-order valence-electron chi connectivity index (χ1n) is 11.1. The number of benzene rings is 2. The van der Waals surface area contributed by atoms with Crippen molar-refractivity contribution in [2.45, 2.75) is 31.8 Å². The highest BCUT2D eigenvalue weighted by molar-refractivity contribution is 8.26. The van der Waals surface area contributed by atoms with Gasteiger partial charge in [0.15, 0.2) is 6.04 Å². The SMILES string of the molecule is CCOC(=O)[C@H](Cc1ccccc1)N1C(=O)/C(=C/N2N=C(c3ccc(F)cc3)C[C@H]2C(=O)O)SC1=S. The smallest absolute Gasteiger partial charge is 0.329 e. The predicted molar refractivity (Wildman–Crippen MR) is 137 cm³/mol. The number of carboxylic acid groups (broad SMARTS) is 1. The molecule has 0 spiro atoms. The van der Waals surface area contributed by atoms with Gasteiger partial charge in [-0.2, -0.15) is 5.10 Å². The molecule has 2 aromatic carbocycles. The molecule has 0 saturated carbocycles. The molecule has 2 heterocycles. The van der Waals surface area contributed by atoms with Crippen LogP contribution < -0.4 is 0 Å². The molecule has 0 bridgehead atoms. The lowest BCUT2D eigenvalue weighted by atomic mass is 10.0. The molecule has 2 aliphatic rings. The fourth-order valence-corrected chi connectivity index (χ4v) is 5.20. The third-order valence-corrected chi connectivity index (χ3v) is 6.94. The van der Waals surface area contributed by atoms with Crippen molar-refractivity contribution in [2.75, 3.05) is 6.61 Å². The van der Waals surface area contributed by atoms with Crippen molar-refractivity contribution in [3.05, 3.63) is 82.6 Å². The molecule has 0 aromatic heterocycles. The number of carbonyl (C=O) groups is 3. The Bertz CT molecular complexity index is 1250. The van der Waals surface area contributed by atoms with Gasteiger partial charge in [-0.1, -0.05) is 66.4 Å². The topological polar surface area (TPSA) is 99.5 Å². The Labute approximate surface area is 216 Å². The highest BCUT2D eigenvalue weighted by atomic mass is 32.2. The molecule has 0 aliphatic carbocycles. The van der Waals surface area contributed by atoms with Crippen molar-refractivity contribution < 1.29 is 28.6 Å². The van der Waals surface area contributed by atoms with Crippen molar-refractivity contribution in [2.24, 2.45) is 5.10 Å². The van der Waals surface area contributed by atoms with E-state index in [9.17, 15) is 23.9 Å². The van der Waals surface area contributed by atoms with Crippen LogP contribution in [0.5, 0.6) is 0 Å². The summed E-state index contributed by atoms with van der Waals surface area (Å²) in [6.45, 7) is 1.82. The Morgan fingerprint density at radius 1 is 1.25 bits per heavy atom. The summed E-state index contributed by atoms with van der Waals surface area (Å²) in [5.41, 5.74) is 1.85. The number of hydrazone groups is 1. The third-order valence-electron chi connectivity index (χ3n) is 5.62. The second-order valence-electron chi connectivity index (χ2n) is 7.99. The molecule has 8 nitrogen and oxygen atoms in total. The number of carboxylic acids is 1. The van der Waals surface area contributed by atoms with Gasteiger partial charge in [-0.15, -0.1) is 0 Å². The number of hydrogen-bond donors (Lipinski definition) is 1. The first-order valence-corrected chi connectivity index (χ1v) is 12.3. The average Bonchev–Trinajstić information content (AvgIpc) is 3.40. The van der Waals surface area contributed by atoms with Crippen LogP contribution in [-0.4, -0.2) is 61.6 Å². The molecule has 0 unspecified atom stereocenters. The molecule has 1 saturated heterocycles. The average molecular weight is 528 g/mol. The van der Waals surface area contributed by atoms with Gasteiger partial charge in [-0.25, -0.2) is 14.0 Å². The van der Waals surface area contributed by atoms with Gasteiger partial charge in [0.25, 0.3) is 5.91 Å². The van der Waals surface area contributed by atoms with Crippen molar-refractivity contribution in [1.82, 2.24) is 9.91 Å². The highest BCUT2D eigenvalue weighted by Crippen LogP contribution is 2.35. The molecule has 0 radical (unpaired) electrons. The summed E-state index contributed by atoms with van der Waals surface area (Å²) >= 11 is 6.40. The van der Waals surface area contributed by atoms with Gasteiger partial charge in [-0.05, 0) is 30.2 Å². The van der Waals surface area contributed by atoms with Gasteiger partial charge < -0.3 is 9.84 Å². The number of halogens is 1.